The molecule has 0 aliphatic rings. The molecular weight excluding hydrogens is 384 g/mol. The fourth-order valence-electron chi connectivity index (χ4n) is 2.82. The molecule has 0 atom stereocenters. The van der Waals surface area contributed by atoms with Crippen LogP contribution in [0.4, 0.5) is 11.4 Å². The average molecular weight is 409 g/mol. The quantitative estimate of drug-likeness (QED) is 0.626. The highest BCUT2D eigenvalue weighted by atomic mass is 32.2. The molecule has 0 saturated heterocycles. The molecule has 0 unspecified atom stereocenters. The van der Waals surface area contributed by atoms with Crippen molar-refractivity contribution in [2.24, 2.45) is 0 Å². The number of rotatable bonds is 5. The van der Waals surface area contributed by atoms with E-state index in [0.717, 1.165) is 22.3 Å². The van der Waals surface area contributed by atoms with Gasteiger partial charge in [-0.15, -0.1) is 0 Å². The van der Waals surface area contributed by atoms with Crippen molar-refractivity contribution < 1.29 is 13.2 Å². The van der Waals surface area contributed by atoms with Crippen LogP contribution in [0.2, 0.25) is 0 Å². The number of nitrogens with one attached hydrogen (secondary N) is 2. The first-order valence-corrected chi connectivity index (χ1v) is 10.7. The van der Waals surface area contributed by atoms with Gasteiger partial charge in [-0.2, -0.15) is 0 Å². The Balaban J connectivity index is 1.84. The maximum absolute atomic E-state index is 12.7. The number of sulfonamides is 1. The monoisotopic (exact) mass is 408 g/mol. The van der Waals surface area contributed by atoms with Gasteiger partial charge >= 0.3 is 0 Å². The number of hydrogen-bond acceptors (Lipinski definition) is 3. The van der Waals surface area contributed by atoms with Gasteiger partial charge in [-0.05, 0) is 80.8 Å². The molecule has 2 N–H and O–H groups in total. The van der Waals surface area contributed by atoms with Gasteiger partial charge in [0.25, 0.3) is 15.9 Å². The van der Waals surface area contributed by atoms with Crippen LogP contribution in [0, 0.1) is 27.7 Å². The van der Waals surface area contributed by atoms with Gasteiger partial charge in [-0.3, -0.25) is 9.52 Å². The van der Waals surface area contributed by atoms with Gasteiger partial charge in [0.2, 0.25) is 0 Å². The van der Waals surface area contributed by atoms with E-state index in [0.29, 0.717) is 16.9 Å². The molecule has 5 nitrogen and oxygen atoms in total. The normalized spacial score (nSPS) is 11.2. The summed E-state index contributed by atoms with van der Waals surface area (Å²) in [6.45, 7) is 7.67. The molecule has 0 aliphatic carbocycles. The second-order valence-electron chi connectivity index (χ2n) is 7.20. The van der Waals surface area contributed by atoms with Gasteiger partial charge in [0.15, 0.2) is 0 Å². The number of amides is 1. The van der Waals surface area contributed by atoms with Crippen molar-refractivity contribution in [2.45, 2.75) is 32.6 Å². The standard InChI is InChI=1S/C23H24N2O3S/c1-15-5-11-21(12-6-15)29(27,28)25-22-14-19(9-7-17(22)3)23(26)24-20-10-8-16(2)18(4)13-20/h5-14,25H,1-4H3,(H,24,26). The lowest BCUT2D eigenvalue weighted by molar-refractivity contribution is 0.102. The fourth-order valence-corrected chi connectivity index (χ4v) is 3.94. The van der Waals surface area contributed by atoms with Crippen LogP contribution in [0.25, 0.3) is 0 Å². The maximum atomic E-state index is 12.7. The predicted molar refractivity (Wildman–Crippen MR) is 117 cm³/mol. The van der Waals surface area contributed by atoms with Crippen LogP contribution in [-0.2, 0) is 10.0 Å². The molecule has 3 aromatic carbocycles. The van der Waals surface area contributed by atoms with Crippen LogP contribution >= 0.6 is 0 Å². The van der Waals surface area contributed by atoms with Crippen molar-refractivity contribution in [3.05, 3.63) is 88.5 Å². The van der Waals surface area contributed by atoms with E-state index in [1.807, 2.05) is 39.0 Å². The minimum Gasteiger partial charge on any atom is -0.322 e. The number of hydrogen-bond donors (Lipinski definition) is 2. The van der Waals surface area contributed by atoms with Crippen molar-refractivity contribution >= 4 is 27.3 Å². The second-order valence-corrected chi connectivity index (χ2v) is 8.88. The number of benzene rings is 3. The van der Waals surface area contributed by atoms with Crippen molar-refractivity contribution in [1.29, 1.82) is 0 Å². The number of aryl methyl sites for hydroxylation is 4. The van der Waals surface area contributed by atoms with E-state index in [9.17, 15) is 13.2 Å². The SMILES string of the molecule is Cc1ccc(S(=O)(=O)Nc2cc(C(=O)Nc3ccc(C)c(C)c3)ccc2C)cc1. The van der Waals surface area contributed by atoms with Crippen molar-refractivity contribution in [3.8, 4) is 0 Å². The number of carbonyl (C=O) groups excluding carboxylic acids is 1. The molecule has 0 radical (unpaired) electrons. The third-order valence-electron chi connectivity index (χ3n) is 4.84. The molecule has 0 aliphatic heterocycles. The van der Waals surface area contributed by atoms with Gasteiger partial charge in [0.05, 0.1) is 10.6 Å². The van der Waals surface area contributed by atoms with E-state index >= 15 is 0 Å². The summed E-state index contributed by atoms with van der Waals surface area (Å²) in [5.41, 5.74) is 5.37. The zero-order valence-corrected chi connectivity index (χ0v) is 17.7. The Labute approximate surface area is 171 Å². The zero-order chi connectivity index (χ0) is 21.2. The highest BCUT2D eigenvalue weighted by Crippen LogP contribution is 2.23. The average Bonchev–Trinajstić information content (AvgIpc) is 2.66. The smallest absolute Gasteiger partial charge is 0.261 e. The lowest BCUT2D eigenvalue weighted by Gasteiger charge is -2.13. The first-order valence-electron chi connectivity index (χ1n) is 9.24. The van der Waals surface area contributed by atoms with E-state index < -0.39 is 10.0 Å². The lowest BCUT2D eigenvalue weighted by Crippen LogP contribution is -2.16. The molecule has 3 rings (SSSR count). The summed E-state index contributed by atoms with van der Waals surface area (Å²) in [7, 11) is -3.75. The Morgan fingerprint density at radius 3 is 2.07 bits per heavy atom. The molecule has 29 heavy (non-hydrogen) atoms. The van der Waals surface area contributed by atoms with E-state index in [1.54, 1.807) is 49.4 Å². The topological polar surface area (TPSA) is 75.3 Å². The van der Waals surface area contributed by atoms with Gasteiger partial charge in [0, 0.05) is 11.3 Å². The van der Waals surface area contributed by atoms with E-state index in [-0.39, 0.29) is 10.8 Å². The minimum absolute atomic E-state index is 0.174. The Bertz CT molecular complexity index is 1170. The maximum Gasteiger partial charge on any atom is 0.261 e. The molecule has 0 heterocycles. The van der Waals surface area contributed by atoms with Crippen molar-refractivity contribution in [1.82, 2.24) is 0 Å². The number of anilines is 2. The van der Waals surface area contributed by atoms with Crippen LogP contribution in [0.5, 0.6) is 0 Å². The Hall–Kier alpha value is -3.12. The fraction of sp³-hybridized carbons (Fsp3) is 0.174. The predicted octanol–water partition coefficient (Wildman–Crippen LogP) is 4.97. The van der Waals surface area contributed by atoms with Crippen LogP contribution in [0.1, 0.15) is 32.6 Å². The molecule has 3 aromatic rings. The van der Waals surface area contributed by atoms with Crippen molar-refractivity contribution in [3.63, 3.8) is 0 Å². The van der Waals surface area contributed by atoms with Gasteiger partial charge in [-0.25, -0.2) is 8.42 Å². The highest BCUT2D eigenvalue weighted by Gasteiger charge is 2.17. The summed E-state index contributed by atoms with van der Waals surface area (Å²) in [6.07, 6.45) is 0. The van der Waals surface area contributed by atoms with Gasteiger partial charge < -0.3 is 5.32 Å². The summed E-state index contributed by atoms with van der Waals surface area (Å²) in [6, 6.07) is 17.3. The molecule has 150 valence electrons. The third-order valence-corrected chi connectivity index (χ3v) is 6.22. The molecule has 6 heteroatoms. The third kappa shape index (κ3) is 4.84. The van der Waals surface area contributed by atoms with Crippen molar-refractivity contribution in [2.75, 3.05) is 10.0 Å². The Kier molecular flexibility index (Phi) is 5.75. The lowest BCUT2D eigenvalue weighted by atomic mass is 10.1. The first-order chi connectivity index (χ1) is 13.7. The molecule has 0 bridgehead atoms. The molecule has 0 spiro atoms. The van der Waals surface area contributed by atoms with E-state index in [2.05, 4.69) is 10.0 Å². The minimum atomic E-state index is -3.75. The number of carbonyl (C=O) groups is 1. The van der Waals surface area contributed by atoms with Crippen LogP contribution < -0.4 is 10.0 Å². The first kappa shape index (κ1) is 20.6. The zero-order valence-electron chi connectivity index (χ0n) is 16.9. The molecular formula is C23H24N2O3S. The van der Waals surface area contributed by atoms with Gasteiger partial charge in [-0.1, -0.05) is 29.8 Å². The highest BCUT2D eigenvalue weighted by molar-refractivity contribution is 7.92. The Morgan fingerprint density at radius 1 is 0.759 bits per heavy atom. The van der Waals surface area contributed by atoms with Crippen LogP contribution in [0.15, 0.2) is 65.6 Å². The van der Waals surface area contributed by atoms with Crippen LogP contribution in [0.3, 0.4) is 0 Å². The van der Waals surface area contributed by atoms with Crippen LogP contribution in [-0.4, -0.2) is 14.3 Å². The summed E-state index contributed by atoms with van der Waals surface area (Å²) < 4.78 is 28.0. The molecule has 0 fully saturated rings. The summed E-state index contributed by atoms with van der Waals surface area (Å²) in [5.74, 6) is -0.302. The van der Waals surface area contributed by atoms with Gasteiger partial charge in [0.1, 0.15) is 0 Å². The van der Waals surface area contributed by atoms with E-state index in [1.165, 1.54) is 0 Å². The molecule has 0 aromatic heterocycles. The molecule has 1 amide bonds. The largest absolute Gasteiger partial charge is 0.322 e. The molecule has 0 saturated carbocycles. The summed E-state index contributed by atoms with van der Waals surface area (Å²) in [5, 5.41) is 2.86. The second kappa shape index (κ2) is 8.09. The van der Waals surface area contributed by atoms with E-state index in [4.69, 9.17) is 0 Å². The summed E-state index contributed by atoms with van der Waals surface area (Å²) >= 11 is 0. The Morgan fingerprint density at radius 2 is 1.41 bits per heavy atom. The summed E-state index contributed by atoms with van der Waals surface area (Å²) in [4.78, 5) is 12.8.